The van der Waals surface area contributed by atoms with Gasteiger partial charge in [-0.1, -0.05) is 43.5 Å². The molecule has 1 aromatic rings. The second kappa shape index (κ2) is 5.87. The molecule has 0 unspecified atom stereocenters. The Kier molecular flexibility index (Phi) is 3.97. The van der Waals surface area contributed by atoms with Gasteiger partial charge in [-0.2, -0.15) is 0 Å². The number of rotatable bonds is 4. The monoisotopic (exact) mass is 257 g/mol. The van der Waals surface area contributed by atoms with Crippen molar-refractivity contribution < 1.29 is 4.79 Å². The molecule has 2 aliphatic rings. The van der Waals surface area contributed by atoms with Crippen LogP contribution in [-0.2, 0) is 6.54 Å². The van der Waals surface area contributed by atoms with Crippen LogP contribution in [0.15, 0.2) is 24.3 Å². The van der Waals surface area contributed by atoms with Crippen molar-refractivity contribution in [1.29, 1.82) is 0 Å². The third-order valence-corrected chi connectivity index (χ3v) is 4.57. The van der Waals surface area contributed by atoms with Gasteiger partial charge in [-0.15, -0.1) is 0 Å². The van der Waals surface area contributed by atoms with Crippen molar-refractivity contribution in [2.75, 3.05) is 13.1 Å². The SMILES string of the molecule is O=C(c1ccc(CN2CCC2)cc1)C1CCCCC1. The summed E-state index contributed by atoms with van der Waals surface area (Å²) in [6.45, 7) is 3.49. The lowest BCUT2D eigenvalue weighted by Crippen LogP contribution is -2.36. The number of Topliss-reactive ketones (excluding diaryl/α,β-unsaturated/α-hetero) is 1. The van der Waals surface area contributed by atoms with E-state index in [0.29, 0.717) is 5.78 Å². The van der Waals surface area contributed by atoms with E-state index < -0.39 is 0 Å². The van der Waals surface area contributed by atoms with E-state index in [1.807, 2.05) is 12.1 Å². The first kappa shape index (κ1) is 12.9. The van der Waals surface area contributed by atoms with Gasteiger partial charge in [0.05, 0.1) is 0 Å². The minimum Gasteiger partial charge on any atom is -0.299 e. The highest BCUT2D eigenvalue weighted by molar-refractivity contribution is 5.97. The Morgan fingerprint density at radius 2 is 1.68 bits per heavy atom. The van der Waals surface area contributed by atoms with E-state index in [0.717, 1.165) is 24.9 Å². The van der Waals surface area contributed by atoms with E-state index in [9.17, 15) is 4.79 Å². The third kappa shape index (κ3) is 3.06. The van der Waals surface area contributed by atoms with Crippen LogP contribution in [0.5, 0.6) is 0 Å². The van der Waals surface area contributed by atoms with Crippen molar-refractivity contribution in [3.63, 3.8) is 0 Å². The van der Waals surface area contributed by atoms with E-state index in [-0.39, 0.29) is 5.92 Å². The zero-order valence-corrected chi connectivity index (χ0v) is 11.6. The Bertz CT molecular complexity index is 427. The number of carbonyl (C=O) groups excluding carboxylic acids is 1. The highest BCUT2D eigenvalue weighted by atomic mass is 16.1. The van der Waals surface area contributed by atoms with E-state index in [4.69, 9.17) is 0 Å². The summed E-state index contributed by atoms with van der Waals surface area (Å²) in [4.78, 5) is 14.8. The minimum atomic E-state index is 0.287. The van der Waals surface area contributed by atoms with Crippen LogP contribution in [0.25, 0.3) is 0 Å². The largest absolute Gasteiger partial charge is 0.299 e. The number of ketones is 1. The summed E-state index contributed by atoms with van der Waals surface area (Å²) >= 11 is 0. The van der Waals surface area contributed by atoms with Gasteiger partial charge in [0, 0.05) is 18.0 Å². The van der Waals surface area contributed by atoms with Gasteiger partial charge in [0.15, 0.2) is 5.78 Å². The molecule has 19 heavy (non-hydrogen) atoms. The van der Waals surface area contributed by atoms with Crippen LogP contribution in [0.3, 0.4) is 0 Å². The van der Waals surface area contributed by atoms with Crippen molar-refractivity contribution in [3.8, 4) is 0 Å². The normalized spacial score (nSPS) is 21.1. The Balaban J connectivity index is 1.62. The summed E-state index contributed by atoms with van der Waals surface area (Å²) in [5, 5.41) is 0. The Morgan fingerprint density at radius 3 is 2.26 bits per heavy atom. The fourth-order valence-corrected chi connectivity index (χ4v) is 3.17. The summed E-state index contributed by atoms with van der Waals surface area (Å²) < 4.78 is 0. The van der Waals surface area contributed by atoms with Crippen LogP contribution in [0.2, 0.25) is 0 Å². The van der Waals surface area contributed by atoms with Gasteiger partial charge < -0.3 is 0 Å². The zero-order chi connectivity index (χ0) is 13.1. The predicted molar refractivity (Wildman–Crippen MR) is 77.2 cm³/mol. The number of carbonyl (C=O) groups is 1. The van der Waals surface area contributed by atoms with Crippen molar-refractivity contribution in [2.24, 2.45) is 5.92 Å². The highest BCUT2D eigenvalue weighted by Crippen LogP contribution is 2.27. The Morgan fingerprint density at radius 1 is 1.00 bits per heavy atom. The molecule has 1 aromatic carbocycles. The lowest BCUT2D eigenvalue weighted by molar-refractivity contribution is 0.0889. The van der Waals surface area contributed by atoms with E-state index >= 15 is 0 Å². The maximum Gasteiger partial charge on any atom is 0.165 e. The second-order valence-corrected chi connectivity index (χ2v) is 6.03. The molecule has 1 saturated heterocycles. The molecule has 1 aliphatic carbocycles. The average molecular weight is 257 g/mol. The van der Waals surface area contributed by atoms with Crippen molar-refractivity contribution in [1.82, 2.24) is 4.90 Å². The molecule has 0 N–H and O–H groups in total. The Labute approximate surface area is 115 Å². The summed E-state index contributed by atoms with van der Waals surface area (Å²) in [7, 11) is 0. The van der Waals surface area contributed by atoms with Crippen LogP contribution >= 0.6 is 0 Å². The maximum atomic E-state index is 12.4. The molecule has 3 rings (SSSR count). The lowest BCUT2D eigenvalue weighted by atomic mass is 9.84. The smallest absolute Gasteiger partial charge is 0.165 e. The molecule has 0 amide bonds. The van der Waals surface area contributed by atoms with Crippen LogP contribution in [-0.4, -0.2) is 23.8 Å². The summed E-state index contributed by atoms with van der Waals surface area (Å²) in [6.07, 6.45) is 7.27. The van der Waals surface area contributed by atoms with Gasteiger partial charge >= 0.3 is 0 Å². The number of likely N-dealkylation sites (tertiary alicyclic amines) is 1. The van der Waals surface area contributed by atoms with Crippen LogP contribution in [0.4, 0.5) is 0 Å². The maximum absolute atomic E-state index is 12.4. The number of nitrogens with zero attached hydrogens (tertiary/aromatic N) is 1. The van der Waals surface area contributed by atoms with Gasteiger partial charge in [0.2, 0.25) is 0 Å². The first-order valence-corrected chi connectivity index (χ1v) is 7.68. The molecule has 2 heteroatoms. The molecular weight excluding hydrogens is 234 g/mol. The second-order valence-electron chi connectivity index (χ2n) is 6.03. The summed E-state index contributed by atoms with van der Waals surface area (Å²) in [5.41, 5.74) is 2.25. The lowest BCUT2D eigenvalue weighted by Gasteiger charge is -2.30. The van der Waals surface area contributed by atoms with E-state index in [1.54, 1.807) is 0 Å². The van der Waals surface area contributed by atoms with Crippen LogP contribution in [0, 0.1) is 5.92 Å². The first-order valence-electron chi connectivity index (χ1n) is 7.68. The number of benzene rings is 1. The van der Waals surface area contributed by atoms with Gasteiger partial charge in [-0.05, 0) is 37.9 Å². The van der Waals surface area contributed by atoms with Gasteiger partial charge in [-0.3, -0.25) is 9.69 Å². The average Bonchev–Trinajstić information content (AvgIpc) is 2.44. The van der Waals surface area contributed by atoms with Gasteiger partial charge in [0.1, 0.15) is 0 Å². The summed E-state index contributed by atoms with van der Waals surface area (Å²) in [5.74, 6) is 0.658. The van der Waals surface area contributed by atoms with Gasteiger partial charge in [0.25, 0.3) is 0 Å². The highest BCUT2D eigenvalue weighted by Gasteiger charge is 2.22. The van der Waals surface area contributed by atoms with Crippen LogP contribution in [0.1, 0.15) is 54.4 Å². The van der Waals surface area contributed by atoms with Crippen molar-refractivity contribution in [3.05, 3.63) is 35.4 Å². The molecule has 102 valence electrons. The molecule has 1 heterocycles. The number of hydrogen-bond acceptors (Lipinski definition) is 2. The van der Waals surface area contributed by atoms with Crippen LogP contribution < -0.4 is 0 Å². The fraction of sp³-hybridized carbons (Fsp3) is 0.588. The fourth-order valence-electron chi connectivity index (χ4n) is 3.17. The Hall–Kier alpha value is -1.15. The number of hydrogen-bond donors (Lipinski definition) is 0. The molecule has 0 atom stereocenters. The minimum absolute atomic E-state index is 0.287. The molecule has 0 bridgehead atoms. The molecule has 0 spiro atoms. The summed E-state index contributed by atoms with van der Waals surface area (Å²) in [6, 6.07) is 8.33. The van der Waals surface area contributed by atoms with E-state index in [1.165, 1.54) is 44.3 Å². The molecule has 0 radical (unpaired) electrons. The molecule has 1 aliphatic heterocycles. The van der Waals surface area contributed by atoms with Gasteiger partial charge in [-0.25, -0.2) is 0 Å². The molecule has 2 nitrogen and oxygen atoms in total. The molecule has 0 aromatic heterocycles. The molecular formula is C17H23NO. The third-order valence-electron chi connectivity index (χ3n) is 4.57. The zero-order valence-electron chi connectivity index (χ0n) is 11.6. The first-order chi connectivity index (χ1) is 9.33. The predicted octanol–water partition coefficient (Wildman–Crippen LogP) is 3.66. The standard InChI is InChI=1S/C17H23NO/c19-17(15-5-2-1-3-6-15)16-9-7-14(8-10-16)13-18-11-4-12-18/h7-10,15H,1-6,11-13H2. The molecule has 2 fully saturated rings. The van der Waals surface area contributed by atoms with Crippen molar-refractivity contribution in [2.45, 2.75) is 45.1 Å². The molecule has 1 saturated carbocycles. The van der Waals surface area contributed by atoms with E-state index in [2.05, 4.69) is 17.0 Å². The van der Waals surface area contributed by atoms with Crippen molar-refractivity contribution >= 4 is 5.78 Å². The topological polar surface area (TPSA) is 20.3 Å². The quantitative estimate of drug-likeness (QED) is 0.767.